The summed E-state index contributed by atoms with van der Waals surface area (Å²) in [5, 5.41) is 0. The largest absolute Gasteiger partial charge is 0.300 e. The van der Waals surface area contributed by atoms with Gasteiger partial charge in [0, 0.05) is 6.42 Å². The molecule has 0 aliphatic rings. The average molecular weight is 284 g/mol. The Balaban J connectivity index is -0.000000226. The van der Waals surface area contributed by atoms with Gasteiger partial charge in [0.2, 0.25) is 0 Å². The summed E-state index contributed by atoms with van der Waals surface area (Å²) in [6.45, 7) is 15.5. The molecule has 0 bridgehead atoms. The zero-order valence-electron chi connectivity index (χ0n) is 14.6. The molecule has 0 aliphatic carbocycles. The van der Waals surface area contributed by atoms with Gasteiger partial charge in [0.15, 0.2) is 0 Å². The van der Waals surface area contributed by atoms with E-state index in [1.165, 1.54) is 18.9 Å². The lowest BCUT2D eigenvalue weighted by Gasteiger charge is -1.95. The third kappa shape index (κ3) is 19.2. The number of Topliss-reactive ketones (excluding diaryl/α,β-unsaturated/α-hetero) is 1. The second-order valence-electron chi connectivity index (χ2n) is 4.31. The predicted molar refractivity (Wildman–Crippen MR) is 88.8 cm³/mol. The van der Waals surface area contributed by atoms with Crippen molar-refractivity contribution in [2.75, 3.05) is 0 Å². The van der Waals surface area contributed by atoms with Crippen molar-refractivity contribution < 1.29 is 9.18 Å². The van der Waals surface area contributed by atoms with Crippen molar-refractivity contribution in [1.29, 1.82) is 0 Å². The van der Waals surface area contributed by atoms with Crippen LogP contribution in [0.1, 0.15) is 71.9 Å². The molecule has 1 aromatic carbocycles. The van der Waals surface area contributed by atoms with Crippen LogP contribution in [0.2, 0.25) is 0 Å². The van der Waals surface area contributed by atoms with Gasteiger partial charge in [-0.1, -0.05) is 65.2 Å². The molecule has 0 heterocycles. The Hall–Kier alpha value is -1.18. The fourth-order valence-corrected chi connectivity index (χ4v) is 0.795. The van der Waals surface area contributed by atoms with Gasteiger partial charge in [-0.25, -0.2) is 4.39 Å². The van der Waals surface area contributed by atoms with Crippen LogP contribution in [0.3, 0.4) is 0 Å². The molecule has 1 rings (SSSR count). The number of aryl methyl sites for hydroxylation is 2. The fourth-order valence-electron chi connectivity index (χ4n) is 0.795. The zero-order chi connectivity index (χ0) is 16.6. The van der Waals surface area contributed by atoms with Gasteiger partial charge in [0.05, 0.1) is 0 Å². The van der Waals surface area contributed by atoms with Crippen LogP contribution in [-0.4, -0.2) is 5.78 Å². The van der Waals surface area contributed by atoms with E-state index in [1.807, 2.05) is 33.8 Å². The van der Waals surface area contributed by atoms with E-state index in [1.54, 1.807) is 19.9 Å². The predicted octanol–water partition coefficient (Wildman–Crippen LogP) is 6.26. The topological polar surface area (TPSA) is 17.1 Å². The molecule has 0 aromatic heterocycles. The van der Waals surface area contributed by atoms with E-state index in [2.05, 4.69) is 13.8 Å². The lowest BCUT2D eigenvalue weighted by molar-refractivity contribution is -0.116. The fraction of sp³-hybridized carbons (Fsp3) is 0.611. The minimum Gasteiger partial charge on any atom is -0.300 e. The van der Waals surface area contributed by atoms with E-state index in [0.29, 0.717) is 6.42 Å². The Kier molecular flexibility index (Phi) is 21.3. The number of unbranched alkanes of at least 4 members (excludes halogenated alkanes) is 1. The van der Waals surface area contributed by atoms with Gasteiger partial charge < -0.3 is 4.79 Å². The summed E-state index contributed by atoms with van der Waals surface area (Å²) in [5.41, 5.74) is 1.82. The molecule has 0 radical (unpaired) electrons. The molecule has 0 spiro atoms. The SMILES string of the molecule is CC.CCC(C)=O.CCCC.Cc1ccc(F)c(C)c1. The molecule has 0 saturated carbocycles. The summed E-state index contributed by atoms with van der Waals surface area (Å²) < 4.78 is 12.5. The van der Waals surface area contributed by atoms with Crippen molar-refractivity contribution in [3.05, 3.63) is 35.1 Å². The van der Waals surface area contributed by atoms with Gasteiger partial charge >= 0.3 is 0 Å². The first-order valence-electron chi connectivity index (χ1n) is 7.61. The van der Waals surface area contributed by atoms with Crippen LogP contribution < -0.4 is 0 Å². The van der Waals surface area contributed by atoms with Gasteiger partial charge in [0.1, 0.15) is 11.6 Å². The zero-order valence-corrected chi connectivity index (χ0v) is 14.6. The van der Waals surface area contributed by atoms with Crippen molar-refractivity contribution in [3.8, 4) is 0 Å². The molecule has 0 atom stereocenters. The number of benzene rings is 1. The summed E-state index contributed by atoms with van der Waals surface area (Å²) >= 11 is 0. The molecule has 2 heteroatoms. The normalized spacial score (nSPS) is 8.05. The molecule has 0 saturated heterocycles. The van der Waals surface area contributed by atoms with E-state index < -0.39 is 0 Å². The van der Waals surface area contributed by atoms with Gasteiger partial charge in [0.25, 0.3) is 0 Å². The Morgan fingerprint density at radius 3 is 1.65 bits per heavy atom. The molecule has 1 aromatic rings. The van der Waals surface area contributed by atoms with Crippen LogP contribution in [0.15, 0.2) is 18.2 Å². The smallest absolute Gasteiger partial charge is 0.129 e. The Morgan fingerprint density at radius 1 is 1.05 bits per heavy atom. The lowest BCUT2D eigenvalue weighted by Crippen LogP contribution is -1.81. The first kappa shape index (κ1) is 23.9. The maximum atomic E-state index is 12.5. The number of carbonyl (C=O) groups is 1. The first-order chi connectivity index (χ1) is 9.38. The summed E-state index contributed by atoms with van der Waals surface area (Å²) in [6.07, 6.45) is 3.31. The standard InChI is InChI=1S/C8H9F.C4H8O.C4H10.C2H6/c1-6-3-4-8(9)7(2)5-6;1-3-4(2)5;1-3-4-2;1-2/h3-5H,1-2H3;3H2,1-2H3;3-4H2,1-2H3;1-2H3. The molecule has 0 amide bonds. The van der Waals surface area contributed by atoms with Gasteiger partial charge in [-0.05, 0) is 32.4 Å². The molecule has 1 nitrogen and oxygen atoms in total. The maximum absolute atomic E-state index is 12.5. The molecule has 118 valence electrons. The van der Waals surface area contributed by atoms with Crippen LogP contribution in [0.4, 0.5) is 4.39 Å². The third-order valence-electron chi connectivity index (χ3n) is 2.31. The molecular formula is C18H33FO. The van der Waals surface area contributed by atoms with E-state index in [4.69, 9.17) is 0 Å². The minimum atomic E-state index is -0.124. The van der Waals surface area contributed by atoms with E-state index >= 15 is 0 Å². The number of hydrogen-bond donors (Lipinski definition) is 0. The van der Waals surface area contributed by atoms with Crippen LogP contribution in [0.25, 0.3) is 0 Å². The number of rotatable bonds is 2. The molecule has 20 heavy (non-hydrogen) atoms. The minimum absolute atomic E-state index is 0.124. The summed E-state index contributed by atoms with van der Waals surface area (Å²) in [4.78, 5) is 9.81. The highest BCUT2D eigenvalue weighted by Crippen LogP contribution is 2.06. The van der Waals surface area contributed by atoms with Crippen molar-refractivity contribution in [2.45, 2.75) is 74.7 Å². The Morgan fingerprint density at radius 2 is 1.45 bits per heavy atom. The third-order valence-corrected chi connectivity index (χ3v) is 2.31. The van der Waals surface area contributed by atoms with Crippen molar-refractivity contribution >= 4 is 5.78 Å². The second kappa shape index (κ2) is 17.8. The number of halogens is 1. The Labute approximate surface area is 125 Å². The van der Waals surface area contributed by atoms with Crippen LogP contribution >= 0.6 is 0 Å². The summed E-state index contributed by atoms with van der Waals surface area (Å²) in [6, 6.07) is 5.09. The Bertz CT molecular complexity index is 330. The van der Waals surface area contributed by atoms with Crippen LogP contribution in [0, 0.1) is 19.7 Å². The molecule has 0 fully saturated rings. The highest BCUT2D eigenvalue weighted by atomic mass is 19.1. The summed E-state index contributed by atoms with van der Waals surface area (Å²) in [5.74, 6) is 0.130. The second-order valence-corrected chi connectivity index (χ2v) is 4.31. The first-order valence-corrected chi connectivity index (χ1v) is 7.61. The monoisotopic (exact) mass is 284 g/mol. The van der Waals surface area contributed by atoms with E-state index in [-0.39, 0.29) is 11.6 Å². The molecule has 0 N–H and O–H groups in total. The highest BCUT2D eigenvalue weighted by molar-refractivity contribution is 5.74. The van der Waals surface area contributed by atoms with Crippen molar-refractivity contribution in [3.63, 3.8) is 0 Å². The average Bonchev–Trinajstić information content (AvgIpc) is 2.46. The van der Waals surface area contributed by atoms with Crippen molar-refractivity contribution in [2.24, 2.45) is 0 Å². The quantitative estimate of drug-likeness (QED) is 0.626. The number of ketones is 1. The van der Waals surface area contributed by atoms with E-state index in [9.17, 15) is 9.18 Å². The van der Waals surface area contributed by atoms with Gasteiger partial charge in [-0.15, -0.1) is 0 Å². The highest BCUT2D eigenvalue weighted by Gasteiger charge is 1.93. The van der Waals surface area contributed by atoms with Crippen LogP contribution in [-0.2, 0) is 4.79 Å². The maximum Gasteiger partial charge on any atom is 0.129 e. The van der Waals surface area contributed by atoms with E-state index in [0.717, 1.165) is 11.1 Å². The summed E-state index contributed by atoms with van der Waals surface area (Å²) in [7, 11) is 0. The van der Waals surface area contributed by atoms with Crippen LogP contribution in [0.5, 0.6) is 0 Å². The number of hydrogen-bond acceptors (Lipinski definition) is 1. The van der Waals surface area contributed by atoms with Gasteiger partial charge in [-0.2, -0.15) is 0 Å². The lowest BCUT2D eigenvalue weighted by atomic mass is 10.1. The molecule has 0 unspecified atom stereocenters. The van der Waals surface area contributed by atoms with Crippen molar-refractivity contribution in [1.82, 2.24) is 0 Å². The van der Waals surface area contributed by atoms with Gasteiger partial charge in [-0.3, -0.25) is 0 Å². The molecular weight excluding hydrogens is 251 g/mol. The molecule has 0 aliphatic heterocycles. The number of carbonyl (C=O) groups excluding carboxylic acids is 1.